The van der Waals surface area contributed by atoms with Gasteiger partial charge >= 0.3 is 0 Å². The van der Waals surface area contributed by atoms with Crippen LogP contribution >= 0.6 is 23.2 Å². The molecule has 0 aliphatic carbocycles. The van der Waals surface area contributed by atoms with Gasteiger partial charge in [0, 0.05) is 15.7 Å². The molecule has 5 heteroatoms. The van der Waals surface area contributed by atoms with Crippen LogP contribution in [0.25, 0.3) is 0 Å². The fourth-order valence-electron chi connectivity index (χ4n) is 1.87. The monoisotopic (exact) mass is 308 g/mol. The van der Waals surface area contributed by atoms with Gasteiger partial charge in [-0.25, -0.2) is 4.39 Å². The number of anilines is 1. The molecule has 0 saturated heterocycles. The van der Waals surface area contributed by atoms with Crippen molar-refractivity contribution in [2.24, 2.45) is 0 Å². The molecule has 1 atom stereocenters. The van der Waals surface area contributed by atoms with Crippen LogP contribution in [-0.2, 0) is 0 Å². The molecule has 0 aromatic heterocycles. The van der Waals surface area contributed by atoms with Crippen LogP contribution in [0.5, 0.6) is 0 Å². The number of nitrogens with zero attached hydrogens (tertiary/aromatic N) is 1. The summed E-state index contributed by atoms with van der Waals surface area (Å²) in [4.78, 5) is 0. The number of rotatable bonds is 3. The number of hydrogen-bond donors (Lipinski definition) is 1. The number of benzene rings is 2. The van der Waals surface area contributed by atoms with E-state index in [1.165, 1.54) is 12.1 Å². The van der Waals surface area contributed by atoms with E-state index in [2.05, 4.69) is 5.32 Å². The van der Waals surface area contributed by atoms with Crippen molar-refractivity contribution in [3.8, 4) is 6.07 Å². The minimum absolute atomic E-state index is 0.000564. The standard InChI is InChI=1S/C15H11Cl2FN2/c1-9(13-7-11(16)2-4-14(13)17)20-12-3-5-15(18)10(6-12)8-19/h2-7,9,20H,1H3. The summed E-state index contributed by atoms with van der Waals surface area (Å²) in [5, 5.41) is 13.2. The third-order valence-corrected chi connectivity index (χ3v) is 3.47. The van der Waals surface area contributed by atoms with Crippen molar-refractivity contribution in [3.05, 3.63) is 63.4 Å². The SMILES string of the molecule is CC(Nc1ccc(F)c(C#N)c1)c1cc(Cl)ccc1Cl. The van der Waals surface area contributed by atoms with Crippen LogP contribution in [0.4, 0.5) is 10.1 Å². The van der Waals surface area contributed by atoms with Crippen LogP contribution in [0.3, 0.4) is 0 Å². The van der Waals surface area contributed by atoms with E-state index >= 15 is 0 Å². The van der Waals surface area contributed by atoms with E-state index in [0.717, 1.165) is 5.56 Å². The molecule has 0 saturated carbocycles. The second-order valence-corrected chi connectivity index (χ2v) is 5.18. The summed E-state index contributed by atoms with van der Waals surface area (Å²) in [6.07, 6.45) is 0. The predicted octanol–water partition coefficient (Wildman–Crippen LogP) is 5.18. The van der Waals surface area contributed by atoms with E-state index in [4.69, 9.17) is 28.5 Å². The molecular formula is C15H11Cl2FN2. The van der Waals surface area contributed by atoms with Crippen LogP contribution in [-0.4, -0.2) is 0 Å². The fraction of sp³-hybridized carbons (Fsp3) is 0.133. The Hall–Kier alpha value is -1.76. The molecule has 2 rings (SSSR count). The summed E-state index contributed by atoms with van der Waals surface area (Å²) in [5.41, 5.74) is 1.48. The van der Waals surface area contributed by atoms with Gasteiger partial charge in [-0.2, -0.15) is 5.26 Å². The van der Waals surface area contributed by atoms with Crippen LogP contribution < -0.4 is 5.32 Å². The Bertz CT molecular complexity index is 680. The average Bonchev–Trinajstić information content (AvgIpc) is 2.43. The topological polar surface area (TPSA) is 35.8 Å². The Morgan fingerprint density at radius 3 is 2.65 bits per heavy atom. The van der Waals surface area contributed by atoms with Gasteiger partial charge in [-0.15, -0.1) is 0 Å². The average molecular weight is 309 g/mol. The van der Waals surface area contributed by atoms with E-state index in [0.29, 0.717) is 15.7 Å². The number of halogens is 3. The normalized spacial score (nSPS) is 11.8. The second-order valence-electron chi connectivity index (χ2n) is 4.34. The molecule has 0 radical (unpaired) electrons. The zero-order valence-electron chi connectivity index (χ0n) is 10.6. The summed E-state index contributed by atoms with van der Waals surface area (Å²) >= 11 is 12.1. The number of nitriles is 1. The first kappa shape index (κ1) is 14.6. The molecule has 0 aliphatic heterocycles. The van der Waals surface area contributed by atoms with Crippen LogP contribution in [0.2, 0.25) is 10.0 Å². The summed E-state index contributed by atoms with van der Waals surface area (Å²) in [6, 6.07) is 11.2. The van der Waals surface area contributed by atoms with Gasteiger partial charge < -0.3 is 5.32 Å². The first-order valence-corrected chi connectivity index (χ1v) is 6.68. The Morgan fingerprint density at radius 2 is 1.95 bits per heavy atom. The number of hydrogen-bond acceptors (Lipinski definition) is 2. The molecular weight excluding hydrogens is 298 g/mol. The molecule has 2 aromatic rings. The molecule has 20 heavy (non-hydrogen) atoms. The summed E-state index contributed by atoms with van der Waals surface area (Å²) in [5.74, 6) is -0.536. The van der Waals surface area contributed by atoms with Gasteiger partial charge in [-0.3, -0.25) is 0 Å². The van der Waals surface area contributed by atoms with Crippen molar-refractivity contribution < 1.29 is 4.39 Å². The van der Waals surface area contributed by atoms with Crippen molar-refractivity contribution in [3.63, 3.8) is 0 Å². The highest BCUT2D eigenvalue weighted by molar-refractivity contribution is 6.33. The van der Waals surface area contributed by atoms with Gasteiger partial charge in [0.15, 0.2) is 0 Å². The summed E-state index contributed by atoms with van der Waals surface area (Å²) in [6.45, 7) is 1.91. The maximum atomic E-state index is 13.3. The zero-order valence-corrected chi connectivity index (χ0v) is 12.1. The quantitative estimate of drug-likeness (QED) is 0.848. The largest absolute Gasteiger partial charge is 0.378 e. The summed E-state index contributed by atoms with van der Waals surface area (Å²) in [7, 11) is 0. The molecule has 0 spiro atoms. The maximum absolute atomic E-state index is 13.3. The first-order chi connectivity index (χ1) is 9.51. The van der Waals surface area contributed by atoms with Gasteiger partial charge in [0.1, 0.15) is 11.9 Å². The minimum Gasteiger partial charge on any atom is -0.378 e. The van der Waals surface area contributed by atoms with E-state index in [1.54, 1.807) is 30.3 Å². The molecule has 2 nitrogen and oxygen atoms in total. The lowest BCUT2D eigenvalue weighted by Gasteiger charge is -2.17. The van der Waals surface area contributed by atoms with Crippen molar-refractivity contribution in [1.82, 2.24) is 0 Å². The van der Waals surface area contributed by atoms with E-state index < -0.39 is 5.82 Å². The summed E-state index contributed by atoms with van der Waals surface area (Å²) < 4.78 is 13.3. The highest BCUT2D eigenvalue weighted by atomic mass is 35.5. The molecule has 1 N–H and O–H groups in total. The van der Waals surface area contributed by atoms with Crippen LogP contribution in [0.1, 0.15) is 24.1 Å². The Kier molecular flexibility index (Phi) is 4.49. The molecule has 0 heterocycles. The third-order valence-electron chi connectivity index (χ3n) is 2.89. The Morgan fingerprint density at radius 1 is 1.20 bits per heavy atom. The van der Waals surface area contributed by atoms with E-state index in [1.807, 2.05) is 6.92 Å². The fourth-order valence-corrected chi connectivity index (χ4v) is 2.34. The van der Waals surface area contributed by atoms with Gasteiger partial charge in [0.2, 0.25) is 0 Å². The van der Waals surface area contributed by atoms with Crippen LogP contribution in [0.15, 0.2) is 36.4 Å². The van der Waals surface area contributed by atoms with Gasteiger partial charge in [-0.1, -0.05) is 23.2 Å². The van der Waals surface area contributed by atoms with Gasteiger partial charge in [0.25, 0.3) is 0 Å². The molecule has 2 aromatic carbocycles. The molecule has 0 amide bonds. The van der Waals surface area contributed by atoms with Crippen LogP contribution in [0, 0.1) is 17.1 Å². The first-order valence-electron chi connectivity index (χ1n) is 5.92. The number of nitrogens with one attached hydrogen (secondary N) is 1. The van der Waals surface area contributed by atoms with Crippen molar-refractivity contribution in [2.75, 3.05) is 5.32 Å². The Balaban J connectivity index is 2.26. The molecule has 0 bridgehead atoms. The minimum atomic E-state index is -0.536. The lowest BCUT2D eigenvalue weighted by molar-refractivity contribution is 0.624. The lowest BCUT2D eigenvalue weighted by Crippen LogP contribution is -2.07. The lowest BCUT2D eigenvalue weighted by atomic mass is 10.1. The van der Waals surface area contributed by atoms with E-state index in [-0.39, 0.29) is 11.6 Å². The molecule has 0 fully saturated rings. The zero-order chi connectivity index (χ0) is 14.7. The van der Waals surface area contributed by atoms with Crippen molar-refractivity contribution in [2.45, 2.75) is 13.0 Å². The van der Waals surface area contributed by atoms with Gasteiger partial charge in [-0.05, 0) is 48.9 Å². The highest BCUT2D eigenvalue weighted by Gasteiger charge is 2.11. The second kappa shape index (κ2) is 6.13. The Labute approximate surface area is 126 Å². The molecule has 102 valence electrons. The molecule has 0 aliphatic rings. The maximum Gasteiger partial charge on any atom is 0.141 e. The molecule has 1 unspecified atom stereocenters. The van der Waals surface area contributed by atoms with Gasteiger partial charge in [0.05, 0.1) is 11.6 Å². The van der Waals surface area contributed by atoms with Crippen molar-refractivity contribution >= 4 is 28.9 Å². The smallest absolute Gasteiger partial charge is 0.141 e. The van der Waals surface area contributed by atoms with E-state index in [9.17, 15) is 4.39 Å². The highest BCUT2D eigenvalue weighted by Crippen LogP contribution is 2.29. The third kappa shape index (κ3) is 3.22. The van der Waals surface area contributed by atoms with Crippen molar-refractivity contribution in [1.29, 1.82) is 5.26 Å². The predicted molar refractivity (Wildman–Crippen MR) is 79.6 cm³/mol.